The Morgan fingerprint density at radius 3 is 2.25 bits per heavy atom. The first kappa shape index (κ1) is 11.0. The summed E-state index contributed by atoms with van der Waals surface area (Å²) in [5.41, 5.74) is 4.61. The second kappa shape index (κ2) is 4.58. The number of hydrogen-bond acceptors (Lipinski definition) is 1. The zero-order valence-corrected chi connectivity index (χ0v) is 10.2. The number of hydrogen-bond donors (Lipinski definition) is 1. The van der Waals surface area contributed by atoms with Gasteiger partial charge in [0.15, 0.2) is 0 Å². The fourth-order valence-electron chi connectivity index (χ4n) is 1.63. The molecule has 1 nitrogen and oxygen atoms in total. The van der Waals surface area contributed by atoms with Gasteiger partial charge in [0.25, 0.3) is 0 Å². The van der Waals surface area contributed by atoms with Crippen molar-refractivity contribution in [2.45, 2.75) is 13.8 Å². The summed E-state index contributed by atoms with van der Waals surface area (Å²) in [5, 5.41) is 4.18. The molecule has 0 radical (unpaired) electrons. The van der Waals surface area contributed by atoms with Gasteiger partial charge in [-0.25, -0.2) is 0 Å². The van der Waals surface area contributed by atoms with E-state index in [1.807, 2.05) is 37.3 Å². The van der Waals surface area contributed by atoms with Crippen LogP contribution in [0.1, 0.15) is 11.1 Å². The van der Waals surface area contributed by atoms with Crippen molar-refractivity contribution in [3.8, 4) is 0 Å². The second-order valence-corrected chi connectivity index (χ2v) is 4.34. The number of rotatable bonds is 2. The lowest BCUT2D eigenvalue weighted by atomic mass is 10.1. The highest BCUT2D eigenvalue weighted by Gasteiger charge is 2.01. The van der Waals surface area contributed by atoms with Crippen molar-refractivity contribution in [3.05, 3.63) is 58.6 Å². The van der Waals surface area contributed by atoms with Crippen molar-refractivity contribution in [2.24, 2.45) is 0 Å². The zero-order valence-electron chi connectivity index (χ0n) is 9.42. The summed E-state index contributed by atoms with van der Waals surface area (Å²) in [4.78, 5) is 0. The molecule has 2 rings (SSSR count). The molecular weight excluding hydrogens is 218 g/mol. The first-order chi connectivity index (χ1) is 7.66. The van der Waals surface area contributed by atoms with Crippen LogP contribution in [0.25, 0.3) is 0 Å². The second-order valence-electron chi connectivity index (χ2n) is 3.90. The van der Waals surface area contributed by atoms with Gasteiger partial charge in [-0.15, -0.1) is 0 Å². The van der Waals surface area contributed by atoms with Crippen LogP contribution >= 0.6 is 11.6 Å². The Kier molecular flexibility index (Phi) is 3.16. The topological polar surface area (TPSA) is 12.0 Å². The molecule has 0 aromatic heterocycles. The van der Waals surface area contributed by atoms with Gasteiger partial charge in [0.1, 0.15) is 0 Å². The molecule has 0 unspecified atom stereocenters. The van der Waals surface area contributed by atoms with Gasteiger partial charge in [0, 0.05) is 16.4 Å². The molecule has 0 spiro atoms. The maximum absolute atomic E-state index is 5.92. The summed E-state index contributed by atoms with van der Waals surface area (Å²) >= 11 is 5.92. The molecule has 0 fully saturated rings. The van der Waals surface area contributed by atoms with Crippen molar-refractivity contribution in [3.63, 3.8) is 0 Å². The summed E-state index contributed by atoms with van der Waals surface area (Å²) in [5.74, 6) is 0. The van der Waals surface area contributed by atoms with E-state index < -0.39 is 0 Å². The van der Waals surface area contributed by atoms with Gasteiger partial charge in [-0.2, -0.15) is 0 Å². The average Bonchev–Trinajstić information content (AvgIpc) is 2.25. The Bertz CT molecular complexity index is 506. The third-order valence-electron chi connectivity index (χ3n) is 2.60. The molecule has 0 saturated heterocycles. The van der Waals surface area contributed by atoms with Crippen LogP contribution in [0, 0.1) is 13.8 Å². The monoisotopic (exact) mass is 231 g/mol. The van der Waals surface area contributed by atoms with Crippen LogP contribution in [-0.2, 0) is 0 Å². The highest BCUT2D eigenvalue weighted by Crippen LogP contribution is 2.25. The summed E-state index contributed by atoms with van der Waals surface area (Å²) in [6.45, 7) is 4.14. The predicted molar refractivity (Wildman–Crippen MR) is 70.7 cm³/mol. The van der Waals surface area contributed by atoms with E-state index in [9.17, 15) is 0 Å². The van der Waals surface area contributed by atoms with Gasteiger partial charge >= 0.3 is 0 Å². The smallest absolute Gasteiger partial charge is 0.0415 e. The molecule has 82 valence electrons. The lowest BCUT2D eigenvalue weighted by Crippen LogP contribution is -1.94. The van der Waals surface area contributed by atoms with Crippen LogP contribution in [0.15, 0.2) is 42.5 Å². The lowest BCUT2D eigenvalue weighted by Gasteiger charge is -2.11. The highest BCUT2D eigenvalue weighted by molar-refractivity contribution is 6.30. The van der Waals surface area contributed by atoms with Gasteiger partial charge < -0.3 is 5.32 Å². The van der Waals surface area contributed by atoms with Crippen LogP contribution in [0.5, 0.6) is 0 Å². The molecular formula is C14H14ClN. The Morgan fingerprint density at radius 2 is 1.56 bits per heavy atom. The summed E-state index contributed by atoms with van der Waals surface area (Å²) in [6, 6.07) is 14.1. The quantitative estimate of drug-likeness (QED) is 0.790. The van der Waals surface area contributed by atoms with E-state index in [2.05, 4.69) is 24.4 Å². The highest BCUT2D eigenvalue weighted by atomic mass is 35.5. The van der Waals surface area contributed by atoms with Gasteiger partial charge in [0.2, 0.25) is 0 Å². The Balaban J connectivity index is 2.31. The van der Waals surface area contributed by atoms with Crippen LogP contribution in [0.2, 0.25) is 5.02 Å². The molecule has 2 aromatic carbocycles. The molecule has 0 amide bonds. The molecule has 0 aliphatic rings. The maximum atomic E-state index is 5.92. The van der Waals surface area contributed by atoms with Gasteiger partial charge in [-0.05, 0) is 49.2 Å². The Morgan fingerprint density at radius 1 is 0.875 bits per heavy atom. The molecule has 0 bridgehead atoms. The predicted octanol–water partition coefficient (Wildman–Crippen LogP) is 4.70. The van der Waals surface area contributed by atoms with Crippen LogP contribution in [-0.4, -0.2) is 0 Å². The van der Waals surface area contributed by atoms with Gasteiger partial charge in [-0.1, -0.05) is 29.8 Å². The lowest BCUT2D eigenvalue weighted by molar-refractivity contribution is 1.39. The fourth-order valence-corrected chi connectivity index (χ4v) is 1.85. The Hall–Kier alpha value is -1.47. The molecule has 2 aromatic rings. The first-order valence-corrected chi connectivity index (χ1v) is 5.63. The molecule has 2 heteroatoms. The molecule has 0 heterocycles. The summed E-state index contributed by atoms with van der Waals surface area (Å²) < 4.78 is 0. The van der Waals surface area contributed by atoms with E-state index in [-0.39, 0.29) is 0 Å². The fraction of sp³-hybridized carbons (Fsp3) is 0.143. The van der Waals surface area contributed by atoms with Crippen molar-refractivity contribution in [1.82, 2.24) is 0 Å². The van der Waals surface area contributed by atoms with Crippen LogP contribution in [0.3, 0.4) is 0 Å². The molecule has 0 aliphatic heterocycles. The standard InChI is InChI=1S/C14H14ClN/c1-10-5-3-4-6-13(10)16-14-8-7-12(15)9-11(14)2/h3-9,16H,1-2H3. The number of para-hydroxylation sites is 1. The van der Waals surface area contributed by atoms with Crippen LogP contribution in [0.4, 0.5) is 11.4 Å². The maximum Gasteiger partial charge on any atom is 0.0415 e. The molecule has 0 aliphatic carbocycles. The Labute approximate surface area is 101 Å². The average molecular weight is 232 g/mol. The molecule has 1 N–H and O–H groups in total. The number of benzene rings is 2. The normalized spacial score (nSPS) is 10.2. The van der Waals surface area contributed by atoms with E-state index in [1.165, 1.54) is 5.56 Å². The minimum atomic E-state index is 0.771. The largest absolute Gasteiger partial charge is 0.355 e. The van der Waals surface area contributed by atoms with Gasteiger partial charge in [0.05, 0.1) is 0 Å². The summed E-state index contributed by atoms with van der Waals surface area (Å²) in [7, 11) is 0. The number of nitrogens with one attached hydrogen (secondary N) is 1. The number of halogens is 1. The third-order valence-corrected chi connectivity index (χ3v) is 2.84. The van der Waals surface area contributed by atoms with E-state index >= 15 is 0 Å². The third kappa shape index (κ3) is 2.37. The van der Waals surface area contributed by atoms with E-state index in [0.717, 1.165) is 22.0 Å². The van der Waals surface area contributed by atoms with Crippen molar-refractivity contribution < 1.29 is 0 Å². The van der Waals surface area contributed by atoms with E-state index in [4.69, 9.17) is 11.6 Å². The van der Waals surface area contributed by atoms with E-state index in [1.54, 1.807) is 0 Å². The van der Waals surface area contributed by atoms with E-state index in [0.29, 0.717) is 0 Å². The van der Waals surface area contributed by atoms with Gasteiger partial charge in [-0.3, -0.25) is 0 Å². The van der Waals surface area contributed by atoms with Crippen molar-refractivity contribution in [2.75, 3.05) is 5.32 Å². The summed E-state index contributed by atoms with van der Waals surface area (Å²) in [6.07, 6.45) is 0. The van der Waals surface area contributed by atoms with Crippen molar-refractivity contribution >= 4 is 23.0 Å². The van der Waals surface area contributed by atoms with Crippen LogP contribution < -0.4 is 5.32 Å². The molecule has 0 atom stereocenters. The van der Waals surface area contributed by atoms with Crippen molar-refractivity contribution in [1.29, 1.82) is 0 Å². The SMILES string of the molecule is Cc1ccccc1Nc1ccc(Cl)cc1C. The first-order valence-electron chi connectivity index (χ1n) is 5.25. The minimum absolute atomic E-state index is 0.771. The number of aryl methyl sites for hydroxylation is 2. The molecule has 16 heavy (non-hydrogen) atoms. The zero-order chi connectivity index (χ0) is 11.5. The molecule has 0 saturated carbocycles. The minimum Gasteiger partial charge on any atom is -0.355 e. The number of anilines is 2.